The van der Waals surface area contributed by atoms with Crippen molar-refractivity contribution in [2.75, 3.05) is 18.1 Å². The first-order chi connectivity index (χ1) is 6.14. The number of hydrogen-bond donors (Lipinski definition) is 1. The number of hydrogen-bond acceptors (Lipinski definition) is 3. The van der Waals surface area contributed by atoms with E-state index in [0.29, 0.717) is 12.2 Å². The van der Waals surface area contributed by atoms with Crippen LogP contribution < -0.4 is 5.32 Å². The van der Waals surface area contributed by atoms with Crippen molar-refractivity contribution in [1.29, 1.82) is 0 Å². The zero-order chi connectivity index (χ0) is 9.73. The van der Waals surface area contributed by atoms with Gasteiger partial charge in [0.1, 0.15) is 0 Å². The highest BCUT2D eigenvalue weighted by atomic mass is 32.2. The monoisotopic (exact) mass is 201 g/mol. The topological polar surface area (TPSA) is 46.2 Å². The van der Waals surface area contributed by atoms with Gasteiger partial charge in [-0.25, -0.2) is 8.42 Å². The summed E-state index contributed by atoms with van der Waals surface area (Å²) in [5.74, 6) is 3.14. The summed E-state index contributed by atoms with van der Waals surface area (Å²) < 4.78 is 22.4. The second kappa shape index (κ2) is 4.64. The Hall–Kier alpha value is -0.530. The SMILES string of the molecule is C#CCCNC1CCCS(=O)(=O)C1. The molecule has 0 amide bonds. The first kappa shape index (κ1) is 10.6. The molecule has 13 heavy (non-hydrogen) atoms. The Morgan fingerprint density at radius 1 is 1.54 bits per heavy atom. The number of nitrogens with one attached hydrogen (secondary N) is 1. The molecule has 0 aliphatic carbocycles. The summed E-state index contributed by atoms with van der Waals surface area (Å²) in [4.78, 5) is 0. The highest BCUT2D eigenvalue weighted by Crippen LogP contribution is 2.11. The molecule has 1 saturated heterocycles. The van der Waals surface area contributed by atoms with Gasteiger partial charge in [-0.3, -0.25) is 0 Å². The third-order valence-corrected chi connectivity index (χ3v) is 3.99. The van der Waals surface area contributed by atoms with E-state index in [1.165, 1.54) is 0 Å². The van der Waals surface area contributed by atoms with Gasteiger partial charge in [-0.05, 0) is 12.8 Å². The van der Waals surface area contributed by atoms with E-state index in [9.17, 15) is 8.42 Å². The van der Waals surface area contributed by atoms with E-state index in [1.807, 2.05) is 0 Å². The Bertz CT molecular complexity index is 289. The minimum Gasteiger partial charge on any atom is -0.312 e. The average Bonchev–Trinajstić information content (AvgIpc) is 2.03. The van der Waals surface area contributed by atoms with E-state index in [-0.39, 0.29) is 11.8 Å². The summed E-state index contributed by atoms with van der Waals surface area (Å²) in [5, 5.41) is 3.16. The molecule has 0 radical (unpaired) electrons. The molecule has 0 bridgehead atoms. The van der Waals surface area contributed by atoms with E-state index in [1.54, 1.807) is 0 Å². The van der Waals surface area contributed by atoms with Crippen molar-refractivity contribution in [2.24, 2.45) is 0 Å². The smallest absolute Gasteiger partial charge is 0.151 e. The standard InChI is InChI=1S/C9H15NO2S/c1-2-3-6-10-9-5-4-7-13(11,12)8-9/h1,9-10H,3-8H2. The molecule has 1 aliphatic heterocycles. The lowest BCUT2D eigenvalue weighted by Crippen LogP contribution is -2.40. The Kier molecular flexibility index (Phi) is 3.76. The lowest BCUT2D eigenvalue weighted by molar-refractivity contribution is 0.486. The van der Waals surface area contributed by atoms with Crippen LogP contribution in [0.5, 0.6) is 0 Å². The van der Waals surface area contributed by atoms with Crippen molar-refractivity contribution in [3.63, 3.8) is 0 Å². The first-order valence-corrected chi connectivity index (χ1v) is 6.33. The second-order valence-electron chi connectivity index (χ2n) is 3.36. The normalized spacial score (nSPS) is 26.5. The number of rotatable bonds is 3. The molecule has 0 saturated carbocycles. The minimum absolute atomic E-state index is 0.118. The first-order valence-electron chi connectivity index (χ1n) is 4.51. The van der Waals surface area contributed by atoms with Crippen LogP contribution in [-0.2, 0) is 9.84 Å². The lowest BCUT2D eigenvalue weighted by atomic mass is 10.2. The molecule has 1 fully saturated rings. The van der Waals surface area contributed by atoms with E-state index < -0.39 is 9.84 Å². The minimum atomic E-state index is -2.78. The van der Waals surface area contributed by atoms with Crippen molar-refractivity contribution in [1.82, 2.24) is 5.32 Å². The van der Waals surface area contributed by atoms with Crippen LogP contribution in [0.15, 0.2) is 0 Å². The van der Waals surface area contributed by atoms with Gasteiger partial charge in [0.25, 0.3) is 0 Å². The molecule has 4 heteroatoms. The van der Waals surface area contributed by atoms with Crippen molar-refractivity contribution in [2.45, 2.75) is 25.3 Å². The van der Waals surface area contributed by atoms with Gasteiger partial charge in [0, 0.05) is 19.0 Å². The van der Waals surface area contributed by atoms with Crippen LogP contribution in [0.25, 0.3) is 0 Å². The zero-order valence-electron chi connectivity index (χ0n) is 7.62. The van der Waals surface area contributed by atoms with Crippen LogP contribution in [0.3, 0.4) is 0 Å². The van der Waals surface area contributed by atoms with Crippen LogP contribution >= 0.6 is 0 Å². The fourth-order valence-corrected chi connectivity index (χ4v) is 3.20. The van der Waals surface area contributed by atoms with Gasteiger partial charge in [0.15, 0.2) is 9.84 Å². The van der Waals surface area contributed by atoms with E-state index in [0.717, 1.165) is 19.4 Å². The maximum Gasteiger partial charge on any atom is 0.151 e. The van der Waals surface area contributed by atoms with Gasteiger partial charge >= 0.3 is 0 Å². The fourth-order valence-electron chi connectivity index (χ4n) is 1.53. The third-order valence-electron chi connectivity index (χ3n) is 2.17. The highest BCUT2D eigenvalue weighted by Gasteiger charge is 2.23. The van der Waals surface area contributed by atoms with Crippen LogP contribution in [0.4, 0.5) is 0 Å². The fraction of sp³-hybridized carbons (Fsp3) is 0.778. The molecule has 0 aromatic heterocycles. The maximum atomic E-state index is 11.2. The Labute approximate surface area is 79.8 Å². The summed E-state index contributed by atoms with van der Waals surface area (Å²) >= 11 is 0. The molecule has 1 atom stereocenters. The molecule has 0 aromatic carbocycles. The predicted octanol–water partition coefficient (Wildman–Crippen LogP) is 0.176. The summed E-state index contributed by atoms with van der Waals surface area (Å²) in [6.07, 6.45) is 7.47. The molecule has 1 unspecified atom stereocenters. The molecule has 1 N–H and O–H groups in total. The van der Waals surface area contributed by atoms with Crippen LogP contribution in [-0.4, -0.2) is 32.5 Å². The Balaban J connectivity index is 2.32. The molecule has 1 heterocycles. The summed E-state index contributed by atoms with van der Waals surface area (Å²) in [7, 11) is -2.78. The van der Waals surface area contributed by atoms with Crippen molar-refractivity contribution < 1.29 is 8.42 Å². The maximum absolute atomic E-state index is 11.2. The van der Waals surface area contributed by atoms with Crippen molar-refractivity contribution >= 4 is 9.84 Å². The zero-order valence-corrected chi connectivity index (χ0v) is 8.44. The molecule has 1 rings (SSSR count). The van der Waals surface area contributed by atoms with Gasteiger partial charge < -0.3 is 5.32 Å². The van der Waals surface area contributed by atoms with Crippen LogP contribution in [0, 0.1) is 12.3 Å². The van der Waals surface area contributed by atoms with Gasteiger partial charge in [-0.15, -0.1) is 12.3 Å². The van der Waals surface area contributed by atoms with E-state index in [2.05, 4.69) is 11.2 Å². The molecular formula is C9H15NO2S. The molecule has 1 aliphatic rings. The highest BCUT2D eigenvalue weighted by molar-refractivity contribution is 7.91. The van der Waals surface area contributed by atoms with Crippen LogP contribution in [0.1, 0.15) is 19.3 Å². The largest absolute Gasteiger partial charge is 0.312 e. The Morgan fingerprint density at radius 2 is 2.31 bits per heavy atom. The summed E-state index contributed by atoms with van der Waals surface area (Å²) in [6.45, 7) is 0.719. The molecule has 0 spiro atoms. The third kappa shape index (κ3) is 3.79. The second-order valence-corrected chi connectivity index (χ2v) is 5.59. The molecule has 3 nitrogen and oxygen atoms in total. The van der Waals surface area contributed by atoms with Crippen molar-refractivity contribution in [3.8, 4) is 12.3 Å². The molecule has 0 aromatic rings. The van der Waals surface area contributed by atoms with Gasteiger partial charge in [0.2, 0.25) is 0 Å². The number of terminal acetylenes is 1. The summed E-state index contributed by atoms with van der Waals surface area (Å²) in [5.41, 5.74) is 0. The van der Waals surface area contributed by atoms with E-state index in [4.69, 9.17) is 6.42 Å². The molecule has 74 valence electrons. The quantitative estimate of drug-likeness (QED) is 0.523. The van der Waals surface area contributed by atoms with Gasteiger partial charge in [-0.2, -0.15) is 0 Å². The lowest BCUT2D eigenvalue weighted by Gasteiger charge is -2.22. The van der Waals surface area contributed by atoms with Gasteiger partial charge in [0.05, 0.1) is 11.5 Å². The van der Waals surface area contributed by atoms with Crippen LogP contribution in [0.2, 0.25) is 0 Å². The number of sulfone groups is 1. The van der Waals surface area contributed by atoms with Crippen molar-refractivity contribution in [3.05, 3.63) is 0 Å². The Morgan fingerprint density at radius 3 is 2.92 bits per heavy atom. The van der Waals surface area contributed by atoms with E-state index >= 15 is 0 Å². The molecular weight excluding hydrogens is 186 g/mol. The van der Waals surface area contributed by atoms with Gasteiger partial charge in [-0.1, -0.05) is 0 Å². The summed E-state index contributed by atoms with van der Waals surface area (Å²) in [6, 6.07) is 0.118. The average molecular weight is 201 g/mol. The predicted molar refractivity (Wildman–Crippen MR) is 53.1 cm³/mol.